The molecule has 0 amide bonds. The Labute approximate surface area is 290 Å². The Morgan fingerprint density at radius 3 is 0.882 bits per heavy atom. The van der Waals surface area contributed by atoms with E-state index in [-0.39, 0.29) is 12.8 Å². The molecule has 51 heavy (non-hydrogen) atoms. The maximum Gasteiger partial charge on any atom is 0.368 e. The molecule has 0 rings (SSSR count). The third-order valence-corrected chi connectivity index (χ3v) is 10.3. The van der Waals surface area contributed by atoms with Crippen LogP contribution in [0.15, 0.2) is 0 Å². The summed E-state index contributed by atoms with van der Waals surface area (Å²) in [7, 11) is -52.9. The van der Waals surface area contributed by atoms with Gasteiger partial charge in [0.1, 0.15) is 5.60 Å². The minimum atomic E-state index is -5.56. The minimum Gasteiger partial charge on any atom is -0.326 e. The Bertz CT molecular complexity index is 1330. The normalized spacial score (nSPS) is 24.4. The lowest BCUT2D eigenvalue weighted by molar-refractivity contribution is -0.501. The van der Waals surface area contributed by atoms with Crippen molar-refractivity contribution < 1.29 is 140 Å². The fourth-order valence-electron chi connectivity index (χ4n) is 4.24. The van der Waals surface area contributed by atoms with Crippen LogP contribution in [0.25, 0.3) is 0 Å². The second-order valence-corrected chi connectivity index (χ2v) is 16.1. The Morgan fingerprint density at radius 2 is 0.627 bits per heavy atom. The molecule has 11 atom stereocenters. The van der Waals surface area contributed by atoms with Crippen LogP contribution in [0.1, 0.15) is 39.5 Å². The number of rotatable bonds is 28. The molecule has 40 heteroatoms. The van der Waals surface area contributed by atoms with Gasteiger partial charge in [-0.2, -0.15) is 0 Å². The summed E-state index contributed by atoms with van der Waals surface area (Å²) in [5.41, 5.74) is -3.65. The van der Waals surface area contributed by atoms with Gasteiger partial charge in [0, 0.05) is 0 Å². The average Bonchev–Trinajstić information content (AvgIpc) is 2.88. The first-order valence-electron chi connectivity index (χ1n) is 12.4. The summed E-state index contributed by atoms with van der Waals surface area (Å²) in [6.07, 6.45) is -1.59. The zero-order chi connectivity index (χ0) is 40.2. The zero-order valence-corrected chi connectivity index (χ0v) is 35.0. The van der Waals surface area contributed by atoms with E-state index in [4.69, 9.17) is 13.6 Å². The van der Waals surface area contributed by atoms with Crippen molar-refractivity contribution in [2.45, 2.75) is 68.5 Å². The second kappa shape index (κ2) is 23.0. The molecule has 308 valence electrons. The van der Waals surface area contributed by atoms with E-state index in [0.717, 1.165) is 0 Å². The van der Waals surface area contributed by atoms with Crippen LogP contribution in [0.3, 0.4) is 0 Å². The van der Waals surface area contributed by atoms with Gasteiger partial charge in [-0.05, 0) is 13.3 Å². The molecule has 0 aromatic heterocycles. The van der Waals surface area contributed by atoms with Crippen LogP contribution in [-0.2, 0) is 90.9 Å². The standard InChI is InChI=1S/C11H34O30P10/c1-3-4-5-6-7(2,32-42(12)13)8(33-43(14)15,34-44(16)17)9(35-45(18)19,36-46(20)21)10(37-47(22)23,38-48(24)25)11(39-49(26)27,40-50(28)29)41-51(30)31/h42-51H,3-6H2,1-2H3,(H,12,13)(H,14,15)(H,16,17)(H,18,19)(H,20,21)(H,22,23)(H,24,25)(H,26,27)(H,28,29)(H,30,31). The van der Waals surface area contributed by atoms with E-state index in [1.54, 1.807) is 0 Å². The van der Waals surface area contributed by atoms with Crippen LogP contribution < -0.4 is 0 Å². The highest BCUT2D eigenvalue weighted by Crippen LogP contribution is 2.68. The molecule has 0 fully saturated rings. The van der Waals surface area contributed by atoms with Crippen LogP contribution >= 0.6 is 82.5 Å². The molecule has 0 saturated carbocycles. The smallest absolute Gasteiger partial charge is 0.326 e. The zero-order valence-electron chi connectivity index (χ0n) is 25.0. The van der Waals surface area contributed by atoms with Crippen molar-refractivity contribution >= 4 is 82.5 Å². The van der Waals surface area contributed by atoms with Crippen LogP contribution in [0, 0.1) is 0 Å². The van der Waals surface area contributed by atoms with Gasteiger partial charge in [0.2, 0.25) is 0 Å². The summed E-state index contributed by atoms with van der Waals surface area (Å²) in [5.74, 6) is -21.3. The highest BCUT2D eigenvalue weighted by molar-refractivity contribution is 7.35. The molecule has 0 bridgehead atoms. The van der Waals surface area contributed by atoms with Gasteiger partial charge < -0.3 is 48.9 Å². The molecular weight excluding hydrogens is 922 g/mol. The molecule has 0 aromatic carbocycles. The van der Waals surface area contributed by atoms with Gasteiger partial charge in [-0.15, -0.1) is 0 Å². The highest BCUT2D eigenvalue weighted by Gasteiger charge is 2.88. The van der Waals surface area contributed by atoms with E-state index in [1.165, 1.54) is 6.92 Å². The first-order chi connectivity index (χ1) is 23.2. The van der Waals surface area contributed by atoms with E-state index >= 15 is 0 Å². The summed E-state index contributed by atoms with van der Waals surface area (Å²) < 4.78 is 169. The van der Waals surface area contributed by atoms with Crippen molar-refractivity contribution in [3.8, 4) is 0 Å². The van der Waals surface area contributed by atoms with Gasteiger partial charge >= 0.3 is 100 Å². The predicted molar refractivity (Wildman–Crippen MR) is 167 cm³/mol. The Morgan fingerprint density at radius 1 is 0.373 bits per heavy atom. The average molecular weight is 956 g/mol. The Kier molecular flexibility index (Phi) is 23.7. The van der Waals surface area contributed by atoms with Crippen molar-refractivity contribution in [2.24, 2.45) is 0 Å². The molecule has 0 saturated heterocycles. The second-order valence-electron chi connectivity index (χ2n) is 8.77. The molecule has 11 unspecified atom stereocenters. The first-order valence-corrected chi connectivity index (χ1v) is 25.1. The molecule has 0 aromatic rings. The largest absolute Gasteiger partial charge is 0.368 e. The summed E-state index contributed by atoms with van der Waals surface area (Å²) in [5, 5.41) is 0. The van der Waals surface area contributed by atoms with Crippen LogP contribution in [0.2, 0.25) is 0 Å². The fourth-order valence-corrected chi connectivity index (χ4v) is 10.2. The van der Waals surface area contributed by atoms with Gasteiger partial charge in [-0.25, -0.2) is 13.6 Å². The molecule has 10 N–H and O–H groups in total. The molecule has 0 aliphatic rings. The summed E-state index contributed by atoms with van der Waals surface area (Å²) >= 11 is 0. The van der Waals surface area contributed by atoms with Gasteiger partial charge in [0.05, 0.1) is 0 Å². The van der Waals surface area contributed by atoms with Crippen molar-refractivity contribution in [2.75, 3.05) is 0 Å². The summed E-state index contributed by atoms with van der Waals surface area (Å²) in [4.78, 5) is 99.2. The highest BCUT2D eigenvalue weighted by atomic mass is 31.2. The molecule has 0 radical (unpaired) electrons. The van der Waals surface area contributed by atoms with E-state index in [9.17, 15) is 94.6 Å². The van der Waals surface area contributed by atoms with Gasteiger partial charge in [0.15, 0.2) is 0 Å². The lowest BCUT2D eigenvalue weighted by Gasteiger charge is -2.59. The van der Waals surface area contributed by atoms with Crippen LogP contribution in [-0.4, -0.2) is 77.9 Å². The molecule has 0 aliphatic heterocycles. The summed E-state index contributed by atoms with van der Waals surface area (Å²) in [6, 6.07) is 0. The predicted octanol–water partition coefficient (Wildman–Crippen LogP) is 0.0541. The first kappa shape index (κ1) is 52.5. The maximum atomic E-state index is 12.6. The topological polar surface area (TPSA) is 465 Å². The van der Waals surface area contributed by atoms with Crippen molar-refractivity contribution in [1.82, 2.24) is 0 Å². The van der Waals surface area contributed by atoms with Crippen LogP contribution in [0.5, 0.6) is 0 Å². The molecule has 30 nitrogen and oxygen atoms in total. The monoisotopic (exact) mass is 956 g/mol. The van der Waals surface area contributed by atoms with E-state index in [1.807, 2.05) is 0 Å². The van der Waals surface area contributed by atoms with Crippen molar-refractivity contribution in [1.29, 1.82) is 0 Å². The molecule has 0 spiro atoms. The number of hydrogen-bond acceptors (Lipinski definition) is 20. The molecule has 0 heterocycles. The Balaban J connectivity index is 10.1. The molecular formula is C11H34O30P10. The van der Waals surface area contributed by atoms with E-state index < -0.39 is 124 Å². The maximum absolute atomic E-state index is 12.6. The summed E-state index contributed by atoms with van der Waals surface area (Å²) in [6.45, 7) is 1.80. The number of unbranched alkanes of at least 4 members (excludes halogenated alkanes) is 2. The van der Waals surface area contributed by atoms with Crippen molar-refractivity contribution in [3.63, 3.8) is 0 Å². The minimum absolute atomic E-state index is 0.0660. The Hall–Kier alpha value is 1.50. The van der Waals surface area contributed by atoms with Gasteiger partial charge in [-0.3, -0.25) is 77.3 Å². The van der Waals surface area contributed by atoms with E-state index in [2.05, 4.69) is 31.7 Å². The van der Waals surface area contributed by atoms with Crippen LogP contribution in [0.4, 0.5) is 0 Å². The fraction of sp³-hybridized carbons (Fsp3) is 1.00. The van der Waals surface area contributed by atoms with Gasteiger partial charge in [-0.1, -0.05) is 26.2 Å². The SMILES string of the molecule is CCCCCC(C)(O[PH](=O)O)C(O[PH](=O)O)(O[PH](=O)O)C(O[PH](=O)O)(O[PH](=O)O)C(O[PH](=O)O)(O[PH](=O)O)C(O[PH](=O)O)(O[PH](=O)O)O[PH](=O)O. The van der Waals surface area contributed by atoms with E-state index in [0.29, 0.717) is 6.92 Å². The molecule has 0 aliphatic carbocycles. The van der Waals surface area contributed by atoms with Gasteiger partial charge in [0.25, 0.3) is 5.79 Å². The third kappa shape index (κ3) is 14.4. The quantitative estimate of drug-likeness (QED) is 0.0281. The lowest BCUT2D eigenvalue weighted by atomic mass is 9.79. The van der Waals surface area contributed by atoms with Crippen molar-refractivity contribution in [3.05, 3.63) is 0 Å². The lowest BCUT2D eigenvalue weighted by Crippen LogP contribution is -2.83. The number of hydrogen-bond donors (Lipinski definition) is 10. The third-order valence-electron chi connectivity index (χ3n) is 5.59.